The first-order valence-electron chi connectivity index (χ1n) is 8.59. The molecular weight excluding hydrogens is 324 g/mol. The van der Waals surface area contributed by atoms with Gasteiger partial charge in [-0.3, -0.25) is 15.0 Å². The largest absolute Gasteiger partial charge is 0.298 e. The molecule has 3 aromatic rings. The van der Waals surface area contributed by atoms with Crippen LogP contribution in [0.1, 0.15) is 5.69 Å². The Kier molecular flexibility index (Phi) is 4.01. The normalized spacial score (nSPS) is 17.9. The van der Waals surface area contributed by atoms with Crippen molar-refractivity contribution in [3.8, 4) is 0 Å². The highest BCUT2D eigenvalue weighted by atomic mass is 31.2. The summed E-state index contributed by atoms with van der Waals surface area (Å²) in [5.74, 6) is -1.21. The molecule has 124 valence electrons. The Hall–Kier alpha value is -2.32. The summed E-state index contributed by atoms with van der Waals surface area (Å²) in [6.07, 6.45) is 9.15. The molecule has 0 atom stereocenters. The average Bonchev–Trinajstić information content (AvgIpc) is 2.95. The van der Waals surface area contributed by atoms with Gasteiger partial charge in [-0.25, -0.2) is 0 Å². The van der Waals surface area contributed by atoms with Gasteiger partial charge in [-0.2, -0.15) is 0 Å². The van der Waals surface area contributed by atoms with Crippen LogP contribution in [0.3, 0.4) is 0 Å². The van der Waals surface area contributed by atoms with Gasteiger partial charge in [0.2, 0.25) is 0 Å². The van der Waals surface area contributed by atoms with E-state index in [1.54, 1.807) is 0 Å². The first-order valence-corrected chi connectivity index (χ1v) is 11.5. The Morgan fingerprint density at radius 1 is 0.760 bits per heavy atom. The van der Waals surface area contributed by atoms with Crippen LogP contribution >= 0.6 is 7.14 Å². The molecule has 0 unspecified atom stereocenters. The quantitative estimate of drug-likeness (QED) is 0.541. The van der Waals surface area contributed by atoms with E-state index in [1.807, 2.05) is 36.8 Å². The van der Waals surface area contributed by atoms with Gasteiger partial charge in [-0.1, -0.05) is 47.6 Å². The zero-order valence-corrected chi connectivity index (χ0v) is 15.5. The van der Waals surface area contributed by atoms with Crippen LogP contribution in [0.5, 0.6) is 0 Å². The van der Waals surface area contributed by atoms with Crippen LogP contribution in [-0.2, 0) is 0 Å². The molecule has 0 aromatic carbocycles. The van der Waals surface area contributed by atoms with E-state index in [0.717, 1.165) is 23.0 Å². The molecule has 0 amide bonds. The maximum absolute atomic E-state index is 4.83. The van der Waals surface area contributed by atoms with E-state index >= 15 is 0 Å². The van der Waals surface area contributed by atoms with Crippen LogP contribution in [0.4, 0.5) is 0 Å². The van der Waals surface area contributed by atoms with Gasteiger partial charge in [0.05, 0.1) is 0 Å². The van der Waals surface area contributed by atoms with Gasteiger partial charge >= 0.3 is 0 Å². The third-order valence-electron chi connectivity index (χ3n) is 5.47. The van der Waals surface area contributed by atoms with E-state index in [-0.39, 0.29) is 0 Å². The highest BCUT2D eigenvalue weighted by Crippen LogP contribution is 2.66. The van der Waals surface area contributed by atoms with Crippen molar-refractivity contribution in [2.45, 2.75) is 0 Å². The zero-order valence-electron chi connectivity index (χ0n) is 14.6. The van der Waals surface area contributed by atoms with Gasteiger partial charge < -0.3 is 0 Å². The molecule has 3 nitrogen and oxygen atoms in total. The number of nitrogens with zero attached hydrogens (tertiary/aromatic N) is 3. The Balaban J connectivity index is 2.06. The third-order valence-corrected chi connectivity index (χ3v) is 9.50. The SMILES string of the molecule is C[P+]1(C)CC=C(c2ccccn2)[B-]1(c1ccccn1)c1ccccn1. The second kappa shape index (κ2) is 6.20. The summed E-state index contributed by atoms with van der Waals surface area (Å²) in [5.41, 5.74) is 4.61. The summed E-state index contributed by atoms with van der Waals surface area (Å²) in [6, 6.07) is 18.6. The maximum atomic E-state index is 4.83. The van der Waals surface area contributed by atoms with Gasteiger partial charge in [0.25, 0.3) is 5.87 Å². The highest BCUT2D eigenvalue weighted by molar-refractivity contribution is 8.14. The van der Waals surface area contributed by atoms with Crippen molar-refractivity contribution in [3.63, 3.8) is 0 Å². The molecule has 0 aliphatic carbocycles. The molecule has 1 aliphatic heterocycles. The lowest BCUT2D eigenvalue weighted by Crippen LogP contribution is -2.61. The molecule has 0 radical (unpaired) electrons. The molecule has 3 aromatic heterocycles. The molecule has 4 heterocycles. The Morgan fingerprint density at radius 2 is 1.32 bits per heavy atom. The van der Waals surface area contributed by atoms with Crippen LogP contribution in [0.15, 0.2) is 79.3 Å². The number of allylic oxidation sites excluding steroid dienone is 1. The molecule has 25 heavy (non-hydrogen) atoms. The Labute approximate surface area is 149 Å². The van der Waals surface area contributed by atoms with Gasteiger partial charge in [0.15, 0.2) is 0 Å². The second-order valence-corrected chi connectivity index (χ2v) is 11.9. The lowest BCUT2D eigenvalue weighted by molar-refractivity contribution is 1.28. The van der Waals surface area contributed by atoms with Crippen LogP contribution in [0.2, 0.25) is 0 Å². The summed E-state index contributed by atoms with van der Waals surface area (Å²) >= 11 is 0. The van der Waals surface area contributed by atoms with Crippen LogP contribution in [-0.4, -0.2) is 40.3 Å². The standard InChI is InChI=1S/C20H21BN3P/c1-25(2)16-12-17(18-9-3-6-13-22-18)21(25,19-10-4-7-14-23-19)20-11-5-8-15-24-20/h3-15H,16H2,1-2H3. The first kappa shape index (κ1) is 16.2. The molecule has 0 bridgehead atoms. The van der Waals surface area contributed by atoms with Gasteiger partial charge in [0, 0.05) is 43.8 Å². The average molecular weight is 345 g/mol. The predicted molar refractivity (Wildman–Crippen MR) is 109 cm³/mol. The molecule has 0 spiro atoms. The maximum Gasteiger partial charge on any atom is 0.282 e. The van der Waals surface area contributed by atoms with Gasteiger partial charge in [-0.05, 0) is 24.3 Å². The van der Waals surface area contributed by atoms with Crippen molar-refractivity contribution in [2.24, 2.45) is 0 Å². The molecule has 0 fully saturated rings. The third kappa shape index (κ3) is 2.44. The van der Waals surface area contributed by atoms with Gasteiger partial charge in [-0.15, -0.1) is 12.6 Å². The van der Waals surface area contributed by atoms with Crippen molar-refractivity contribution >= 4 is 29.7 Å². The van der Waals surface area contributed by atoms with Crippen LogP contribution in [0.25, 0.3) is 5.47 Å². The number of rotatable bonds is 3. The van der Waals surface area contributed by atoms with E-state index in [4.69, 9.17) is 9.97 Å². The summed E-state index contributed by atoms with van der Waals surface area (Å²) < 4.78 is 0. The fourth-order valence-corrected chi connectivity index (χ4v) is 8.04. The lowest BCUT2D eigenvalue weighted by atomic mass is 9.36. The summed E-state index contributed by atoms with van der Waals surface area (Å²) in [6.45, 7) is 4.87. The Bertz CT molecular complexity index is 856. The lowest BCUT2D eigenvalue weighted by Gasteiger charge is -2.43. The summed E-state index contributed by atoms with van der Waals surface area (Å²) in [7, 11) is -1.39. The summed E-state index contributed by atoms with van der Waals surface area (Å²) in [5, 5.41) is 0. The Morgan fingerprint density at radius 3 is 1.80 bits per heavy atom. The fourth-order valence-electron chi connectivity index (χ4n) is 4.32. The molecule has 5 heteroatoms. The van der Waals surface area contributed by atoms with Crippen molar-refractivity contribution in [1.29, 1.82) is 0 Å². The topological polar surface area (TPSA) is 38.7 Å². The summed E-state index contributed by atoms with van der Waals surface area (Å²) in [4.78, 5) is 14.3. The van der Waals surface area contributed by atoms with E-state index in [2.05, 4.69) is 60.8 Å². The molecule has 0 saturated heterocycles. The van der Waals surface area contributed by atoms with Crippen LogP contribution < -0.4 is 11.2 Å². The second-order valence-electron chi connectivity index (χ2n) is 7.17. The molecule has 0 N–H and O–H groups in total. The molecular formula is C20H21BN3P. The van der Waals surface area contributed by atoms with E-state index in [9.17, 15) is 0 Å². The number of aromatic nitrogens is 3. The fraction of sp³-hybridized carbons (Fsp3) is 0.150. The minimum absolute atomic E-state index is 1.05. The smallest absolute Gasteiger partial charge is 0.282 e. The molecule has 0 saturated carbocycles. The number of pyridine rings is 3. The molecule has 1 aliphatic rings. The monoisotopic (exact) mass is 345 g/mol. The van der Waals surface area contributed by atoms with Crippen molar-refractivity contribution in [1.82, 2.24) is 15.0 Å². The van der Waals surface area contributed by atoms with E-state index < -0.39 is 13.0 Å². The number of hydrogen-bond acceptors (Lipinski definition) is 3. The predicted octanol–water partition coefficient (Wildman–Crippen LogP) is 2.84. The molecule has 4 rings (SSSR count). The highest BCUT2D eigenvalue weighted by Gasteiger charge is 2.56. The van der Waals surface area contributed by atoms with E-state index in [0.29, 0.717) is 0 Å². The van der Waals surface area contributed by atoms with Crippen molar-refractivity contribution in [2.75, 3.05) is 19.5 Å². The van der Waals surface area contributed by atoms with Crippen LogP contribution in [0, 0.1) is 0 Å². The number of hydrogen-bond donors (Lipinski definition) is 0. The minimum atomic E-state index is -1.39. The zero-order chi connectivity index (χ0) is 17.3. The first-order chi connectivity index (χ1) is 12.2. The van der Waals surface area contributed by atoms with Crippen molar-refractivity contribution < 1.29 is 0 Å². The minimum Gasteiger partial charge on any atom is -0.298 e. The van der Waals surface area contributed by atoms with Gasteiger partial charge in [0.1, 0.15) is 0 Å². The van der Waals surface area contributed by atoms with E-state index in [1.165, 1.54) is 5.47 Å². The van der Waals surface area contributed by atoms with Crippen molar-refractivity contribution in [3.05, 3.63) is 85.0 Å².